The molecule has 0 radical (unpaired) electrons. The molecule has 7 nitrogen and oxygen atoms in total. The Bertz CT molecular complexity index is 626. The van der Waals surface area contributed by atoms with Crippen molar-refractivity contribution in [3.05, 3.63) is 30.3 Å². The van der Waals surface area contributed by atoms with Crippen LogP contribution in [0.15, 0.2) is 30.3 Å². The molecule has 134 valence electrons. The molecule has 1 aromatic carbocycles. The van der Waals surface area contributed by atoms with Gasteiger partial charge in [0.25, 0.3) is 10.2 Å². The van der Waals surface area contributed by atoms with E-state index in [-0.39, 0.29) is 5.91 Å². The fourth-order valence-electron chi connectivity index (χ4n) is 2.49. The van der Waals surface area contributed by atoms with Gasteiger partial charge < -0.3 is 9.64 Å². The van der Waals surface area contributed by atoms with E-state index in [1.807, 2.05) is 30.3 Å². The summed E-state index contributed by atoms with van der Waals surface area (Å²) in [5.41, 5.74) is 0. The zero-order valence-corrected chi connectivity index (χ0v) is 15.0. The lowest BCUT2D eigenvalue weighted by molar-refractivity contribution is -0.132. The molecule has 1 heterocycles. The molecule has 8 heteroatoms. The van der Waals surface area contributed by atoms with Crippen molar-refractivity contribution >= 4 is 16.1 Å². The largest absolute Gasteiger partial charge is 0.494 e. The predicted molar refractivity (Wildman–Crippen MR) is 91.9 cm³/mol. The van der Waals surface area contributed by atoms with Crippen LogP contribution in [0.5, 0.6) is 5.75 Å². The smallest absolute Gasteiger partial charge is 0.281 e. The van der Waals surface area contributed by atoms with E-state index in [0.717, 1.165) is 5.75 Å². The summed E-state index contributed by atoms with van der Waals surface area (Å²) in [6.45, 7) is 2.04. The molecule has 1 aromatic rings. The lowest BCUT2D eigenvalue weighted by Crippen LogP contribution is -2.53. The van der Waals surface area contributed by atoms with Gasteiger partial charge in [0.15, 0.2) is 0 Å². The lowest BCUT2D eigenvalue weighted by atomic mass is 10.2. The molecule has 0 unspecified atom stereocenters. The fourth-order valence-corrected chi connectivity index (χ4v) is 3.57. The lowest BCUT2D eigenvalue weighted by Gasteiger charge is -2.35. The molecule has 0 spiro atoms. The maximum absolute atomic E-state index is 12.2. The highest BCUT2D eigenvalue weighted by Crippen LogP contribution is 2.12. The summed E-state index contributed by atoms with van der Waals surface area (Å²) >= 11 is 0. The van der Waals surface area contributed by atoms with E-state index in [4.69, 9.17) is 4.74 Å². The minimum atomic E-state index is -3.39. The van der Waals surface area contributed by atoms with Crippen molar-refractivity contribution in [2.75, 3.05) is 46.9 Å². The van der Waals surface area contributed by atoms with Gasteiger partial charge >= 0.3 is 0 Å². The van der Waals surface area contributed by atoms with Crippen LogP contribution in [0, 0.1) is 0 Å². The standard InChI is InChI=1S/C16H25N3O4S/c1-17(2)24(21,22)19-12-10-18(11-13-19)16(20)9-6-14-23-15-7-4-3-5-8-15/h3-5,7-8H,6,9-14H2,1-2H3. The Morgan fingerprint density at radius 1 is 1.12 bits per heavy atom. The average Bonchev–Trinajstić information content (AvgIpc) is 2.59. The number of carbonyl (C=O) groups is 1. The molecule has 0 saturated carbocycles. The van der Waals surface area contributed by atoms with Crippen molar-refractivity contribution < 1.29 is 17.9 Å². The van der Waals surface area contributed by atoms with Gasteiger partial charge in [0.2, 0.25) is 5.91 Å². The Kier molecular flexibility index (Phi) is 6.59. The molecule has 0 aromatic heterocycles. The molecular formula is C16H25N3O4S. The number of piperazine rings is 1. The first kappa shape index (κ1) is 18.7. The Morgan fingerprint density at radius 3 is 2.33 bits per heavy atom. The molecule has 1 amide bonds. The number of para-hydroxylation sites is 1. The van der Waals surface area contributed by atoms with E-state index in [0.29, 0.717) is 45.6 Å². The molecule has 0 aliphatic carbocycles. The molecule has 0 bridgehead atoms. The van der Waals surface area contributed by atoms with E-state index < -0.39 is 10.2 Å². The van der Waals surface area contributed by atoms with Crippen LogP contribution in [0.2, 0.25) is 0 Å². The van der Waals surface area contributed by atoms with E-state index in [1.165, 1.54) is 22.7 Å². The fraction of sp³-hybridized carbons (Fsp3) is 0.562. The van der Waals surface area contributed by atoms with Gasteiger partial charge in [-0.15, -0.1) is 0 Å². The topological polar surface area (TPSA) is 70.2 Å². The highest BCUT2D eigenvalue weighted by Gasteiger charge is 2.29. The first-order valence-corrected chi connectivity index (χ1v) is 9.44. The number of hydrogen-bond acceptors (Lipinski definition) is 4. The van der Waals surface area contributed by atoms with Crippen LogP contribution in [0.25, 0.3) is 0 Å². The summed E-state index contributed by atoms with van der Waals surface area (Å²) in [7, 11) is -0.365. The summed E-state index contributed by atoms with van der Waals surface area (Å²) < 4.78 is 32.3. The summed E-state index contributed by atoms with van der Waals surface area (Å²) in [6, 6.07) is 9.49. The number of carbonyl (C=O) groups excluding carboxylic acids is 1. The number of hydrogen-bond donors (Lipinski definition) is 0. The molecule has 1 fully saturated rings. The highest BCUT2D eigenvalue weighted by molar-refractivity contribution is 7.86. The molecule has 1 saturated heterocycles. The minimum absolute atomic E-state index is 0.0496. The van der Waals surface area contributed by atoms with E-state index in [9.17, 15) is 13.2 Å². The molecule has 24 heavy (non-hydrogen) atoms. The first-order valence-electron chi connectivity index (χ1n) is 8.04. The Labute approximate surface area is 144 Å². The molecule has 2 rings (SSSR count). The molecule has 0 atom stereocenters. The quantitative estimate of drug-likeness (QED) is 0.678. The van der Waals surface area contributed by atoms with Gasteiger partial charge in [0, 0.05) is 46.7 Å². The second kappa shape index (κ2) is 8.46. The van der Waals surface area contributed by atoms with Gasteiger partial charge in [0.05, 0.1) is 6.61 Å². The number of nitrogens with zero attached hydrogens (tertiary/aromatic N) is 3. The maximum Gasteiger partial charge on any atom is 0.281 e. The van der Waals surface area contributed by atoms with Crippen LogP contribution < -0.4 is 4.74 Å². The predicted octanol–water partition coefficient (Wildman–Crippen LogP) is 0.796. The molecule has 1 aliphatic heterocycles. The van der Waals surface area contributed by atoms with Gasteiger partial charge in [-0.05, 0) is 18.6 Å². The van der Waals surface area contributed by atoms with Crippen LogP contribution >= 0.6 is 0 Å². The van der Waals surface area contributed by atoms with Gasteiger partial charge in [-0.3, -0.25) is 4.79 Å². The van der Waals surface area contributed by atoms with Crippen molar-refractivity contribution in [2.24, 2.45) is 0 Å². The van der Waals surface area contributed by atoms with E-state index in [1.54, 1.807) is 4.90 Å². The first-order chi connectivity index (χ1) is 11.4. The number of rotatable bonds is 7. The summed E-state index contributed by atoms with van der Waals surface area (Å²) in [5.74, 6) is 0.848. The second-order valence-electron chi connectivity index (χ2n) is 5.84. The SMILES string of the molecule is CN(C)S(=O)(=O)N1CCN(C(=O)CCCOc2ccccc2)CC1. The third kappa shape index (κ3) is 4.93. The van der Waals surface area contributed by atoms with Gasteiger partial charge in [-0.1, -0.05) is 18.2 Å². The normalized spacial score (nSPS) is 16.4. The Hall–Kier alpha value is -1.64. The van der Waals surface area contributed by atoms with Crippen molar-refractivity contribution in [2.45, 2.75) is 12.8 Å². The number of ether oxygens (including phenoxy) is 1. The summed E-state index contributed by atoms with van der Waals surface area (Å²) in [5, 5.41) is 0. The van der Waals surface area contributed by atoms with Crippen LogP contribution in [0.3, 0.4) is 0 Å². The number of benzene rings is 1. The monoisotopic (exact) mass is 355 g/mol. The Morgan fingerprint density at radius 2 is 1.75 bits per heavy atom. The van der Waals surface area contributed by atoms with E-state index >= 15 is 0 Å². The third-order valence-electron chi connectivity index (χ3n) is 3.93. The third-order valence-corrected chi connectivity index (χ3v) is 5.87. The van der Waals surface area contributed by atoms with Crippen molar-refractivity contribution in [1.82, 2.24) is 13.5 Å². The van der Waals surface area contributed by atoms with Crippen LogP contribution in [0.1, 0.15) is 12.8 Å². The van der Waals surface area contributed by atoms with Gasteiger partial charge in [-0.25, -0.2) is 0 Å². The van der Waals surface area contributed by atoms with E-state index in [2.05, 4.69) is 0 Å². The number of amides is 1. The Balaban J connectivity index is 1.69. The molecule has 1 aliphatic rings. The van der Waals surface area contributed by atoms with Crippen molar-refractivity contribution in [3.8, 4) is 5.75 Å². The zero-order chi connectivity index (χ0) is 17.6. The highest BCUT2D eigenvalue weighted by atomic mass is 32.2. The molecule has 0 N–H and O–H groups in total. The maximum atomic E-state index is 12.2. The summed E-state index contributed by atoms with van der Waals surface area (Å²) in [4.78, 5) is 13.9. The van der Waals surface area contributed by atoms with Crippen LogP contribution in [0.4, 0.5) is 0 Å². The van der Waals surface area contributed by atoms with Crippen molar-refractivity contribution in [1.29, 1.82) is 0 Å². The van der Waals surface area contributed by atoms with Gasteiger partial charge in [-0.2, -0.15) is 17.0 Å². The molecular weight excluding hydrogens is 330 g/mol. The minimum Gasteiger partial charge on any atom is -0.494 e. The van der Waals surface area contributed by atoms with Crippen LogP contribution in [-0.2, 0) is 15.0 Å². The zero-order valence-electron chi connectivity index (χ0n) is 14.2. The summed E-state index contributed by atoms with van der Waals surface area (Å²) in [6.07, 6.45) is 1.05. The van der Waals surface area contributed by atoms with Crippen LogP contribution in [-0.4, -0.2) is 74.7 Å². The van der Waals surface area contributed by atoms with Crippen molar-refractivity contribution in [3.63, 3.8) is 0 Å². The average molecular weight is 355 g/mol. The second-order valence-corrected chi connectivity index (χ2v) is 7.98. The van der Waals surface area contributed by atoms with Gasteiger partial charge in [0.1, 0.15) is 5.75 Å².